The fraction of sp³-hybridized carbons (Fsp3) is 0.333. The highest BCUT2D eigenvalue weighted by molar-refractivity contribution is 5.92. The van der Waals surface area contributed by atoms with Crippen LogP contribution in [-0.2, 0) is 9.53 Å². The van der Waals surface area contributed by atoms with Crippen LogP contribution in [0.4, 0.5) is 11.6 Å². The highest BCUT2D eigenvalue weighted by atomic mass is 16.5. The molecular formula is C27H30N6O3. The van der Waals surface area contributed by atoms with Crippen LogP contribution in [0.25, 0.3) is 16.8 Å². The van der Waals surface area contributed by atoms with E-state index >= 15 is 0 Å². The highest BCUT2D eigenvalue weighted by Crippen LogP contribution is 2.29. The second kappa shape index (κ2) is 10.7. The average molecular weight is 487 g/mol. The third-order valence-electron chi connectivity index (χ3n) is 6.18. The maximum absolute atomic E-state index is 12.0. The number of anilines is 2. The normalized spacial score (nSPS) is 14.2. The number of ether oxygens (including phenoxy) is 2. The first-order chi connectivity index (χ1) is 17.6. The lowest BCUT2D eigenvalue weighted by molar-refractivity contribution is -0.118. The van der Waals surface area contributed by atoms with Gasteiger partial charge in [0.1, 0.15) is 5.75 Å². The molecule has 1 fully saturated rings. The number of benzene rings is 2. The molecule has 9 nitrogen and oxygen atoms in total. The number of fused-ring (bicyclic) bond motifs is 1. The molecule has 2 aromatic carbocycles. The second-order valence-corrected chi connectivity index (χ2v) is 9.20. The van der Waals surface area contributed by atoms with Crippen molar-refractivity contribution in [3.8, 4) is 22.9 Å². The lowest BCUT2D eigenvalue weighted by Gasteiger charge is -2.22. The van der Waals surface area contributed by atoms with Gasteiger partial charge in [-0.15, -0.1) is 0 Å². The van der Waals surface area contributed by atoms with Crippen molar-refractivity contribution in [2.45, 2.75) is 26.7 Å². The summed E-state index contributed by atoms with van der Waals surface area (Å²) in [5.74, 6) is 1.63. The minimum atomic E-state index is -0.0870. The summed E-state index contributed by atoms with van der Waals surface area (Å²) in [4.78, 5) is 21.4. The van der Waals surface area contributed by atoms with Crippen LogP contribution >= 0.6 is 0 Å². The number of amides is 1. The zero-order valence-corrected chi connectivity index (χ0v) is 20.5. The van der Waals surface area contributed by atoms with Crippen molar-refractivity contribution >= 4 is 23.2 Å². The van der Waals surface area contributed by atoms with Gasteiger partial charge in [-0.2, -0.15) is 19.6 Å². The molecule has 0 aliphatic carbocycles. The molecule has 1 saturated heterocycles. The van der Waals surface area contributed by atoms with Gasteiger partial charge in [-0.05, 0) is 48.6 Å². The van der Waals surface area contributed by atoms with Gasteiger partial charge in [-0.1, -0.05) is 44.2 Å². The van der Waals surface area contributed by atoms with Crippen molar-refractivity contribution in [2.75, 3.05) is 30.4 Å². The minimum Gasteiger partial charge on any atom is -0.424 e. The molecule has 186 valence electrons. The molecule has 0 spiro atoms. The molecule has 3 heterocycles. The van der Waals surface area contributed by atoms with Crippen LogP contribution in [0.2, 0.25) is 0 Å². The largest absolute Gasteiger partial charge is 0.424 e. The van der Waals surface area contributed by atoms with Gasteiger partial charge in [0.25, 0.3) is 0 Å². The van der Waals surface area contributed by atoms with Crippen LogP contribution in [0.15, 0.2) is 60.8 Å². The van der Waals surface area contributed by atoms with Crippen molar-refractivity contribution in [1.29, 1.82) is 0 Å². The minimum absolute atomic E-state index is 0.0191. The molecule has 5 rings (SSSR count). The fourth-order valence-corrected chi connectivity index (χ4v) is 4.02. The number of para-hydroxylation sites is 1. The van der Waals surface area contributed by atoms with E-state index in [9.17, 15) is 4.79 Å². The van der Waals surface area contributed by atoms with Crippen molar-refractivity contribution in [2.24, 2.45) is 11.8 Å². The summed E-state index contributed by atoms with van der Waals surface area (Å²) in [6.07, 6.45) is 3.80. The monoisotopic (exact) mass is 486 g/mol. The zero-order chi connectivity index (χ0) is 24.9. The predicted molar refractivity (Wildman–Crippen MR) is 138 cm³/mol. The van der Waals surface area contributed by atoms with E-state index in [1.807, 2.05) is 68.4 Å². The Bertz CT molecular complexity index is 1310. The van der Waals surface area contributed by atoms with Gasteiger partial charge < -0.3 is 20.1 Å². The summed E-state index contributed by atoms with van der Waals surface area (Å²) in [7, 11) is 0. The van der Waals surface area contributed by atoms with Gasteiger partial charge in [-0.25, -0.2) is 0 Å². The van der Waals surface area contributed by atoms with E-state index in [1.54, 1.807) is 10.7 Å². The van der Waals surface area contributed by atoms with E-state index in [2.05, 4.69) is 20.7 Å². The Balaban J connectivity index is 1.46. The van der Waals surface area contributed by atoms with Crippen LogP contribution < -0.4 is 15.4 Å². The Kier molecular flexibility index (Phi) is 7.08. The van der Waals surface area contributed by atoms with Crippen molar-refractivity contribution in [3.63, 3.8) is 0 Å². The number of rotatable bonds is 8. The fourth-order valence-electron chi connectivity index (χ4n) is 4.02. The van der Waals surface area contributed by atoms with E-state index in [4.69, 9.17) is 14.5 Å². The van der Waals surface area contributed by atoms with Gasteiger partial charge in [0, 0.05) is 36.9 Å². The first-order valence-electron chi connectivity index (χ1n) is 12.3. The average Bonchev–Trinajstić information content (AvgIpc) is 3.33. The van der Waals surface area contributed by atoms with Crippen molar-refractivity contribution in [1.82, 2.24) is 19.6 Å². The summed E-state index contributed by atoms with van der Waals surface area (Å²) in [5.41, 5.74) is 3.14. The Morgan fingerprint density at radius 3 is 2.56 bits per heavy atom. The van der Waals surface area contributed by atoms with Crippen molar-refractivity contribution in [3.05, 3.63) is 60.8 Å². The lowest BCUT2D eigenvalue weighted by atomic mass is 10.0. The summed E-state index contributed by atoms with van der Waals surface area (Å²) >= 11 is 0. The number of aromatic nitrogens is 4. The molecule has 1 aliphatic heterocycles. The van der Waals surface area contributed by atoms with Crippen LogP contribution in [0.5, 0.6) is 11.8 Å². The van der Waals surface area contributed by atoms with E-state index in [0.29, 0.717) is 23.3 Å². The SMILES string of the molecule is CC(C)C(=O)Nc1ccc(-c2cnn3c(NCC4CCOCC4)nc(Oc4ccccc4)nc23)cc1. The number of nitrogens with one attached hydrogen (secondary N) is 2. The van der Waals surface area contributed by atoms with Gasteiger partial charge in [0.05, 0.1) is 6.20 Å². The Hall–Kier alpha value is -3.98. The second-order valence-electron chi connectivity index (χ2n) is 9.20. The lowest BCUT2D eigenvalue weighted by Crippen LogP contribution is -2.24. The summed E-state index contributed by atoms with van der Waals surface area (Å²) in [6, 6.07) is 17.4. The maximum Gasteiger partial charge on any atom is 0.327 e. The smallest absolute Gasteiger partial charge is 0.327 e. The molecule has 2 aromatic heterocycles. The van der Waals surface area contributed by atoms with E-state index in [0.717, 1.165) is 49.4 Å². The molecule has 0 atom stereocenters. The number of carbonyl (C=O) groups excluding carboxylic acids is 1. The van der Waals surface area contributed by atoms with Crippen LogP contribution in [0.1, 0.15) is 26.7 Å². The Labute approximate surface area is 209 Å². The first-order valence-corrected chi connectivity index (χ1v) is 12.3. The topological polar surface area (TPSA) is 103 Å². The van der Waals surface area contributed by atoms with Crippen LogP contribution in [-0.4, -0.2) is 45.2 Å². The van der Waals surface area contributed by atoms with Crippen LogP contribution in [0, 0.1) is 11.8 Å². The molecule has 36 heavy (non-hydrogen) atoms. The first kappa shape index (κ1) is 23.7. The molecule has 4 aromatic rings. The van der Waals surface area contributed by atoms with Gasteiger partial charge in [0.15, 0.2) is 5.65 Å². The predicted octanol–water partition coefficient (Wildman–Crippen LogP) is 5.02. The van der Waals surface area contributed by atoms with E-state index in [-0.39, 0.29) is 17.8 Å². The zero-order valence-electron chi connectivity index (χ0n) is 20.5. The van der Waals surface area contributed by atoms with Crippen LogP contribution in [0.3, 0.4) is 0 Å². The van der Waals surface area contributed by atoms with Gasteiger partial charge in [0.2, 0.25) is 11.9 Å². The molecule has 0 unspecified atom stereocenters. The van der Waals surface area contributed by atoms with Gasteiger partial charge in [-0.3, -0.25) is 4.79 Å². The van der Waals surface area contributed by atoms with E-state index < -0.39 is 0 Å². The third kappa shape index (κ3) is 5.46. The molecule has 9 heteroatoms. The summed E-state index contributed by atoms with van der Waals surface area (Å²) < 4.78 is 13.2. The molecule has 0 saturated carbocycles. The Morgan fingerprint density at radius 1 is 1.08 bits per heavy atom. The molecule has 1 amide bonds. The third-order valence-corrected chi connectivity index (χ3v) is 6.18. The molecule has 1 aliphatic rings. The summed E-state index contributed by atoms with van der Waals surface area (Å²) in [6.45, 7) is 6.07. The number of carbonyl (C=O) groups is 1. The van der Waals surface area contributed by atoms with Crippen molar-refractivity contribution < 1.29 is 14.3 Å². The quantitative estimate of drug-likeness (QED) is 0.361. The standard InChI is InChI=1S/C27H30N6O3/c1-18(2)25(34)30-21-10-8-20(9-11-21)23-17-29-33-24(23)31-27(36-22-6-4-3-5-7-22)32-26(33)28-16-19-12-14-35-15-13-19/h3-11,17-19H,12-16H2,1-2H3,(H,30,34)(H,28,31,32). The van der Waals surface area contributed by atoms with Gasteiger partial charge >= 0.3 is 6.01 Å². The maximum atomic E-state index is 12.0. The summed E-state index contributed by atoms with van der Waals surface area (Å²) in [5, 5.41) is 11.0. The molecular weight excluding hydrogens is 456 g/mol. The Morgan fingerprint density at radius 2 is 1.83 bits per heavy atom. The molecule has 0 radical (unpaired) electrons. The molecule has 2 N–H and O–H groups in total. The number of hydrogen-bond acceptors (Lipinski definition) is 7. The number of hydrogen-bond donors (Lipinski definition) is 2. The number of nitrogens with zero attached hydrogens (tertiary/aromatic N) is 4. The van der Waals surface area contributed by atoms with E-state index in [1.165, 1.54) is 0 Å². The highest BCUT2D eigenvalue weighted by Gasteiger charge is 2.18. The molecule has 0 bridgehead atoms.